The molecule has 0 fully saturated rings. The van der Waals surface area contributed by atoms with E-state index < -0.39 is 12.1 Å². The van der Waals surface area contributed by atoms with Crippen LogP contribution in [0, 0.1) is 0 Å². The van der Waals surface area contributed by atoms with Crippen LogP contribution in [0.15, 0.2) is 59.0 Å². The maximum Gasteiger partial charge on any atom is 0.225 e. The van der Waals surface area contributed by atoms with Gasteiger partial charge in [-0.1, -0.05) is 42.5 Å². The van der Waals surface area contributed by atoms with Gasteiger partial charge < -0.3 is 15.3 Å². The summed E-state index contributed by atoms with van der Waals surface area (Å²) in [6, 6.07) is 16.8. The molecule has 0 radical (unpaired) electrons. The Hall–Kier alpha value is -2.17. The highest BCUT2D eigenvalue weighted by atomic mass is 16.4. The summed E-state index contributed by atoms with van der Waals surface area (Å²) in [6.45, 7) is 0. The Kier molecular flexibility index (Phi) is 3.50. The Morgan fingerprint density at radius 2 is 1.75 bits per heavy atom. The van der Waals surface area contributed by atoms with Gasteiger partial charge in [-0.3, -0.25) is 0 Å². The van der Waals surface area contributed by atoms with E-state index in [1.54, 1.807) is 0 Å². The van der Waals surface area contributed by atoms with E-state index >= 15 is 0 Å². The molecule has 0 aliphatic heterocycles. The summed E-state index contributed by atoms with van der Waals surface area (Å²) >= 11 is 0. The van der Waals surface area contributed by atoms with E-state index in [1.165, 1.54) is 0 Å². The van der Waals surface area contributed by atoms with E-state index in [1.807, 2.05) is 54.6 Å². The van der Waals surface area contributed by atoms with Crippen molar-refractivity contribution in [2.24, 2.45) is 5.73 Å². The van der Waals surface area contributed by atoms with Gasteiger partial charge in [-0.25, -0.2) is 4.98 Å². The number of nitrogens with zero attached hydrogens (tertiary/aromatic N) is 1. The molecule has 3 N–H and O–H groups in total. The number of hydrogen-bond donors (Lipinski definition) is 2. The first kappa shape index (κ1) is 12.8. The number of rotatable bonds is 4. The molecule has 0 saturated carbocycles. The molecule has 20 heavy (non-hydrogen) atoms. The summed E-state index contributed by atoms with van der Waals surface area (Å²) in [5, 5.41) is 10.3. The highest BCUT2D eigenvalue weighted by Crippen LogP contribution is 2.22. The van der Waals surface area contributed by atoms with Crippen LogP contribution in [0.3, 0.4) is 0 Å². The molecular formula is C16H16N2O2. The zero-order chi connectivity index (χ0) is 13.9. The van der Waals surface area contributed by atoms with Gasteiger partial charge in [0.15, 0.2) is 5.58 Å². The van der Waals surface area contributed by atoms with Crippen LogP contribution in [-0.4, -0.2) is 16.1 Å². The van der Waals surface area contributed by atoms with Gasteiger partial charge in [0.1, 0.15) is 11.6 Å². The Balaban J connectivity index is 1.79. The van der Waals surface area contributed by atoms with E-state index in [4.69, 9.17) is 10.2 Å². The zero-order valence-corrected chi connectivity index (χ0v) is 10.9. The van der Waals surface area contributed by atoms with Crippen molar-refractivity contribution < 1.29 is 9.52 Å². The number of fused-ring (bicyclic) bond motifs is 1. The van der Waals surface area contributed by atoms with Gasteiger partial charge in [0, 0.05) is 6.04 Å². The molecule has 1 aromatic heterocycles. The Bertz CT molecular complexity index is 661. The highest BCUT2D eigenvalue weighted by Gasteiger charge is 2.22. The first-order valence-electron chi connectivity index (χ1n) is 6.57. The minimum absolute atomic E-state index is 0.273. The van der Waals surface area contributed by atoms with Gasteiger partial charge >= 0.3 is 0 Å². The van der Waals surface area contributed by atoms with Crippen LogP contribution < -0.4 is 5.73 Å². The largest absolute Gasteiger partial charge is 0.438 e. The average molecular weight is 268 g/mol. The Morgan fingerprint density at radius 1 is 1.05 bits per heavy atom. The molecule has 3 rings (SSSR count). The number of aliphatic hydroxyl groups is 1. The lowest BCUT2D eigenvalue weighted by molar-refractivity contribution is 0.117. The SMILES string of the molecule is NC(Cc1ccccc1)C(O)c1nc2ccccc2o1. The van der Waals surface area contributed by atoms with Gasteiger partial charge in [-0.2, -0.15) is 0 Å². The fraction of sp³-hybridized carbons (Fsp3) is 0.188. The quantitative estimate of drug-likeness (QED) is 0.762. The van der Waals surface area contributed by atoms with Crippen molar-refractivity contribution in [2.75, 3.05) is 0 Å². The molecule has 102 valence electrons. The molecule has 0 aliphatic rings. The summed E-state index contributed by atoms with van der Waals surface area (Å²) in [4.78, 5) is 4.28. The summed E-state index contributed by atoms with van der Waals surface area (Å²) in [5.74, 6) is 0.273. The summed E-state index contributed by atoms with van der Waals surface area (Å²) in [6.07, 6.45) is -0.344. The van der Waals surface area contributed by atoms with E-state index in [0.29, 0.717) is 12.0 Å². The first-order valence-corrected chi connectivity index (χ1v) is 6.57. The molecule has 3 aromatic rings. The topological polar surface area (TPSA) is 72.3 Å². The van der Waals surface area contributed by atoms with Crippen LogP contribution in [0.2, 0.25) is 0 Å². The maximum absolute atomic E-state index is 10.3. The van der Waals surface area contributed by atoms with E-state index in [0.717, 1.165) is 11.1 Å². The van der Waals surface area contributed by atoms with Gasteiger partial charge in [0.05, 0.1) is 0 Å². The van der Waals surface area contributed by atoms with Crippen molar-refractivity contribution in [3.05, 3.63) is 66.1 Å². The summed E-state index contributed by atoms with van der Waals surface area (Å²) in [7, 11) is 0. The third-order valence-corrected chi connectivity index (χ3v) is 3.28. The number of oxazole rings is 1. The lowest BCUT2D eigenvalue weighted by Gasteiger charge is -2.15. The number of para-hydroxylation sites is 2. The van der Waals surface area contributed by atoms with Crippen molar-refractivity contribution in [2.45, 2.75) is 18.6 Å². The molecule has 0 spiro atoms. The average Bonchev–Trinajstić information content (AvgIpc) is 2.91. The zero-order valence-electron chi connectivity index (χ0n) is 10.9. The Morgan fingerprint density at radius 3 is 2.50 bits per heavy atom. The summed E-state index contributed by atoms with van der Waals surface area (Å²) in [5.41, 5.74) is 8.52. The van der Waals surface area contributed by atoms with Crippen molar-refractivity contribution in [3.63, 3.8) is 0 Å². The second-order valence-corrected chi connectivity index (χ2v) is 4.82. The van der Waals surface area contributed by atoms with Crippen LogP contribution in [0.4, 0.5) is 0 Å². The number of hydrogen-bond acceptors (Lipinski definition) is 4. The Labute approximate surface area is 116 Å². The fourth-order valence-corrected chi connectivity index (χ4v) is 2.20. The second-order valence-electron chi connectivity index (χ2n) is 4.82. The minimum atomic E-state index is -0.914. The number of benzene rings is 2. The second kappa shape index (κ2) is 5.45. The third kappa shape index (κ3) is 2.57. The standard InChI is InChI=1S/C16H16N2O2/c17-12(10-11-6-2-1-3-7-11)15(19)16-18-13-8-4-5-9-14(13)20-16/h1-9,12,15,19H,10,17H2. The molecule has 2 aromatic carbocycles. The van der Waals surface area contributed by atoms with Crippen LogP contribution in [0.5, 0.6) is 0 Å². The normalized spacial score (nSPS) is 14.3. The van der Waals surface area contributed by atoms with Crippen molar-refractivity contribution in [1.82, 2.24) is 4.98 Å². The molecule has 2 unspecified atom stereocenters. The van der Waals surface area contributed by atoms with Crippen molar-refractivity contribution in [3.8, 4) is 0 Å². The van der Waals surface area contributed by atoms with E-state index in [-0.39, 0.29) is 5.89 Å². The smallest absolute Gasteiger partial charge is 0.225 e. The molecule has 0 aliphatic carbocycles. The molecular weight excluding hydrogens is 252 g/mol. The van der Waals surface area contributed by atoms with Gasteiger partial charge in [-0.15, -0.1) is 0 Å². The first-order chi connectivity index (χ1) is 9.74. The van der Waals surface area contributed by atoms with Crippen molar-refractivity contribution >= 4 is 11.1 Å². The third-order valence-electron chi connectivity index (χ3n) is 3.28. The molecule has 1 heterocycles. The lowest BCUT2D eigenvalue weighted by atomic mass is 10.0. The van der Waals surface area contributed by atoms with Crippen LogP contribution in [0.25, 0.3) is 11.1 Å². The molecule has 4 nitrogen and oxygen atoms in total. The van der Waals surface area contributed by atoms with Crippen molar-refractivity contribution in [1.29, 1.82) is 0 Å². The monoisotopic (exact) mass is 268 g/mol. The molecule has 0 bridgehead atoms. The van der Waals surface area contributed by atoms with Crippen LogP contribution in [-0.2, 0) is 6.42 Å². The van der Waals surface area contributed by atoms with E-state index in [9.17, 15) is 5.11 Å². The minimum Gasteiger partial charge on any atom is -0.438 e. The predicted octanol–water partition coefficient (Wildman–Crippen LogP) is 2.43. The van der Waals surface area contributed by atoms with Crippen LogP contribution in [0.1, 0.15) is 17.6 Å². The predicted molar refractivity (Wildman–Crippen MR) is 77.1 cm³/mol. The highest BCUT2D eigenvalue weighted by molar-refractivity contribution is 5.72. The van der Waals surface area contributed by atoms with Crippen LogP contribution >= 0.6 is 0 Å². The maximum atomic E-state index is 10.3. The van der Waals surface area contributed by atoms with Gasteiger partial charge in [0.2, 0.25) is 5.89 Å². The van der Waals surface area contributed by atoms with E-state index in [2.05, 4.69) is 4.98 Å². The van der Waals surface area contributed by atoms with Gasteiger partial charge in [-0.05, 0) is 24.1 Å². The fourth-order valence-electron chi connectivity index (χ4n) is 2.20. The molecule has 2 atom stereocenters. The molecule has 0 saturated heterocycles. The molecule has 0 amide bonds. The summed E-state index contributed by atoms with van der Waals surface area (Å²) < 4.78 is 5.55. The van der Waals surface area contributed by atoms with Gasteiger partial charge in [0.25, 0.3) is 0 Å². The number of nitrogens with two attached hydrogens (primary N) is 1. The lowest BCUT2D eigenvalue weighted by Crippen LogP contribution is -2.30. The molecule has 4 heteroatoms. The number of aromatic nitrogens is 1. The number of aliphatic hydroxyl groups excluding tert-OH is 1.